The second-order valence-electron chi connectivity index (χ2n) is 8.94. The van der Waals surface area contributed by atoms with Crippen LogP contribution in [0, 0.1) is 13.8 Å². The number of anilines is 2. The fraction of sp³-hybridized carbons (Fsp3) is 0.129. The van der Waals surface area contributed by atoms with E-state index >= 15 is 0 Å². The monoisotopic (exact) mass is 601 g/mol. The number of para-hydroxylation sites is 1. The number of ether oxygens (including phenoxy) is 1. The van der Waals surface area contributed by atoms with Crippen molar-refractivity contribution in [2.75, 3.05) is 17.2 Å². The van der Waals surface area contributed by atoms with E-state index in [2.05, 4.69) is 44.0 Å². The van der Waals surface area contributed by atoms with E-state index in [1.807, 2.05) is 50.2 Å². The zero-order valence-electron chi connectivity index (χ0n) is 21.6. The minimum absolute atomic E-state index is 0.0748. The van der Waals surface area contributed by atoms with Crippen molar-refractivity contribution in [2.24, 2.45) is 0 Å². The Balaban J connectivity index is 1.35. The van der Waals surface area contributed by atoms with Crippen LogP contribution in [-0.2, 0) is 6.42 Å². The number of hydrogen-bond acceptors (Lipinski definition) is 4. The van der Waals surface area contributed by atoms with Gasteiger partial charge in [0.1, 0.15) is 5.75 Å². The molecule has 4 aromatic rings. The molecule has 4 rings (SSSR count). The number of carbonyl (C=O) groups excluding carboxylic acids is 2. The van der Waals surface area contributed by atoms with Crippen molar-refractivity contribution in [3.63, 3.8) is 0 Å². The fourth-order valence-corrected chi connectivity index (χ4v) is 4.52. The molecule has 39 heavy (non-hydrogen) atoms. The number of thiocarbonyl (C=S) groups is 1. The van der Waals surface area contributed by atoms with Gasteiger partial charge in [-0.1, -0.05) is 48.5 Å². The molecule has 0 aliphatic rings. The first kappa shape index (κ1) is 28.0. The highest BCUT2D eigenvalue weighted by Crippen LogP contribution is 2.26. The summed E-state index contributed by atoms with van der Waals surface area (Å²) in [6.45, 7) is 4.52. The topological polar surface area (TPSA) is 79.5 Å². The number of hydrogen-bond donors (Lipinski definition) is 3. The van der Waals surface area contributed by atoms with E-state index in [1.165, 1.54) is 5.56 Å². The Hall–Kier alpha value is -4.01. The number of carbonyl (C=O) groups is 2. The molecule has 0 saturated heterocycles. The minimum Gasteiger partial charge on any atom is -0.492 e. The third-order valence-electron chi connectivity index (χ3n) is 6.10. The summed E-state index contributed by atoms with van der Waals surface area (Å²) in [4.78, 5) is 25.8. The molecule has 4 aromatic carbocycles. The summed E-state index contributed by atoms with van der Waals surface area (Å²) in [6.07, 6.45) is 0.777. The number of benzene rings is 4. The van der Waals surface area contributed by atoms with Crippen molar-refractivity contribution in [1.29, 1.82) is 0 Å². The third kappa shape index (κ3) is 7.75. The predicted molar refractivity (Wildman–Crippen MR) is 164 cm³/mol. The van der Waals surface area contributed by atoms with Gasteiger partial charge in [0, 0.05) is 17.7 Å². The zero-order valence-corrected chi connectivity index (χ0v) is 24.0. The quantitative estimate of drug-likeness (QED) is 0.188. The SMILES string of the molecule is Cc1ccc(NC(=O)c2ccccc2NC(=S)NC(=O)c2ccc(OCCc3ccccc3)c(Br)c2)cc1C. The summed E-state index contributed by atoms with van der Waals surface area (Å²) in [6, 6.07) is 27.9. The molecule has 0 spiro atoms. The van der Waals surface area contributed by atoms with Gasteiger partial charge in [0.2, 0.25) is 0 Å². The second kappa shape index (κ2) is 13.2. The molecule has 0 radical (unpaired) electrons. The Kier molecular flexibility index (Phi) is 9.46. The van der Waals surface area contributed by atoms with Gasteiger partial charge in [0.15, 0.2) is 5.11 Å². The molecular formula is C31H28BrN3O3S. The maximum Gasteiger partial charge on any atom is 0.257 e. The lowest BCUT2D eigenvalue weighted by Crippen LogP contribution is -2.34. The van der Waals surface area contributed by atoms with Crippen molar-refractivity contribution in [3.05, 3.63) is 123 Å². The van der Waals surface area contributed by atoms with Crippen LogP contribution in [0.15, 0.2) is 95.5 Å². The molecular weight excluding hydrogens is 574 g/mol. The molecule has 0 unspecified atom stereocenters. The van der Waals surface area contributed by atoms with Crippen LogP contribution in [0.25, 0.3) is 0 Å². The Bertz CT molecular complexity index is 1510. The van der Waals surface area contributed by atoms with Gasteiger partial charge in [-0.2, -0.15) is 0 Å². The van der Waals surface area contributed by atoms with Crippen LogP contribution in [0.2, 0.25) is 0 Å². The first-order chi connectivity index (χ1) is 18.8. The summed E-state index contributed by atoms with van der Waals surface area (Å²) >= 11 is 8.86. The molecule has 0 atom stereocenters. The normalized spacial score (nSPS) is 10.4. The van der Waals surface area contributed by atoms with Crippen molar-refractivity contribution >= 4 is 56.4 Å². The Morgan fingerprint density at radius 1 is 0.821 bits per heavy atom. The summed E-state index contributed by atoms with van der Waals surface area (Å²) in [5.41, 5.74) is 5.40. The molecule has 0 bridgehead atoms. The smallest absolute Gasteiger partial charge is 0.257 e. The summed E-state index contributed by atoms with van der Waals surface area (Å²) < 4.78 is 6.53. The maximum atomic E-state index is 13.0. The highest BCUT2D eigenvalue weighted by Gasteiger charge is 2.15. The number of aryl methyl sites for hydroxylation is 2. The number of rotatable bonds is 8. The molecule has 198 valence electrons. The number of halogens is 1. The molecule has 8 heteroatoms. The highest BCUT2D eigenvalue weighted by atomic mass is 79.9. The van der Waals surface area contributed by atoms with Gasteiger partial charge >= 0.3 is 0 Å². The van der Waals surface area contributed by atoms with Crippen molar-refractivity contribution in [3.8, 4) is 5.75 Å². The lowest BCUT2D eigenvalue weighted by Gasteiger charge is -2.14. The molecule has 0 aliphatic heterocycles. The van der Waals surface area contributed by atoms with Crippen LogP contribution >= 0.6 is 28.1 Å². The van der Waals surface area contributed by atoms with Crippen LogP contribution in [0.5, 0.6) is 5.75 Å². The van der Waals surface area contributed by atoms with Crippen molar-refractivity contribution in [2.45, 2.75) is 20.3 Å². The van der Waals surface area contributed by atoms with Gasteiger partial charge in [-0.25, -0.2) is 0 Å². The van der Waals surface area contributed by atoms with E-state index in [0.29, 0.717) is 39.3 Å². The maximum absolute atomic E-state index is 13.0. The molecule has 2 amide bonds. The predicted octanol–water partition coefficient (Wildman–Crippen LogP) is 7.07. The molecule has 0 saturated carbocycles. The van der Waals surface area contributed by atoms with Crippen LogP contribution < -0.4 is 20.7 Å². The minimum atomic E-state index is -0.388. The Morgan fingerprint density at radius 2 is 1.56 bits per heavy atom. The van der Waals surface area contributed by atoms with E-state index in [9.17, 15) is 9.59 Å². The number of amides is 2. The lowest BCUT2D eigenvalue weighted by molar-refractivity contribution is 0.0976. The molecule has 0 heterocycles. The zero-order chi connectivity index (χ0) is 27.8. The van der Waals surface area contributed by atoms with E-state index < -0.39 is 0 Å². The number of nitrogens with one attached hydrogen (secondary N) is 3. The van der Waals surface area contributed by atoms with Crippen LogP contribution in [-0.4, -0.2) is 23.5 Å². The summed E-state index contributed by atoms with van der Waals surface area (Å²) in [5.74, 6) is -0.0322. The van der Waals surface area contributed by atoms with Crippen LogP contribution in [0.4, 0.5) is 11.4 Å². The Morgan fingerprint density at radius 3 is 2.31 bits per heavy atom. The molecule has 3 N–H and O–H groups in total. The van der Waals surface area contributed by atoms with Gasteiger partial charge in [-0.05, 0) is 101 Å². The van der Waals surface area contributed by atoms with E-state index in [4.69, 9.17) is 17.0 Å². The van der Waals surface area contributed by atoms with Crippen molar-refractivity contribution < 1.29 is 14.3 Å². The van der Waals surface area contributed by atoms with Crippen molar-refractivity contribution in [1.82, 2.24) is 5.32 Å². The van der Waals surface area contributed by atoms with Gasteiger partial charge in [0.05, 0.1) is 22.3 Å². The largest absolute Gasteiger partial charge is 0.492 e. The molecule has 0 aromatic heterocycles. The first-order valence-corrected chi connectivity index (χ1v) is 13.6. The van der Waals surface area contributed by atoms with Gasteiger partial charge in [-0.15, -0.1) is 0 Å². The summed E-state index contributed by atoms with van der Waals surface area (Å²) in [5, 5.41) is 8.63. The molecule has 0 aliphatic carbocycles. The average molecular weight is 603 g/mol. The average Bonchev–Trinajstić information content (AvgIpc) is 2.92. The Labute approximate surface area is 241 Å². The van der Waals surface area contributed by atoms with Gasteiger partial charge in [0.25, 0.3) is 11.8 Å². The van der Waals surface area contributed by atoms with E-state index in [0.717, 1.165) is 17.5 Å². The highest BCUT2D eigenvalue weighted by molar-refractivity contribution is 9.10. The van der Waals surface area contributed by atoms with Gasteiger partial charge in [-0.3, -0.25) is 14.9 Å². The molecule has 0 fully saturated rings. The molecule has 6 nitrogen and oxygen atoms in total. The van der Waals surface area contributed by atoms with Crippen LogP contribution in [0.3, 0.4) is 0 Å². The fourth-order valence-electron chi connectivity index (χ4n) is 3.82. The summed E-state index contributed by atoms with van der Waals surface area (Å²) in [7, 11) is 0. The van der Waals surface area contributed by atoms with Crippen LogP contribution in [0.1, 0.15) is 37.4 Å². The lowest BCUT2D eigenvalue weighted by atomic mass is 10.1. The van der Waals surface area contributed by atoms with E-state index in [-0.39, 0.29) is 16.9 Å². The van der Waals surface area contributed by atoms with E-state index in [1.54, 1.807) is 42.5 Å². The third-order valence-corrected chi connectivity index (χ3v) is 6.92. The first-order valence-electron chi connectivity index (χ1n) is 12.4. The standard InChI is InChI=1S/C31H28BrN3O3S/c1-20-12-14-24(18-21(20)2)33-30(37)25-10-6-7-11-27(25)34-31(39)35-29(36)23-13-15-28(26(32)19-23)38-17-16-22-8-4-3-5-9-22/h3-15,18-19H,16-17H2,1-2H3,(H,33,37)(H2,34,35,36,39). The second-order valence-corrected chi connectivity index (χ2v) is 10.2. The van der Waals surface area contributed by atoms with Gasteiger partial charge < -0.3 is 15.4 Å².